The molecule has 72 heavy (non-hydrogen) atoms. The average Bonchev–Trinajstić information content (AvgIpc) is 3.34. The van der Waals surface area contributed by atoms with Crippen molar-refractivity contribution in [2.24, 2.45) is 0 Å². The normalized spacial score (nSPS) is 14.3. The van der Waals surface area contributed by atoms with Crippen LogP contribution in [-0.2, 0) is 18.4 Å². The van der Waals surface area contributed by atoms with Crippen molar-refractivity contribution in [2.45, 2.75) is 296 Å². The molecule has 1 amide bonds. The molecular weight excluding hydrogens is 912 g/mol. The SMILES string of the molecule is CCCCCCC/C=C\C/C=C\C/C=C\CCCCCCCCCCCCCCCCCCCCCCC(=O)NC(COP(=O)([O-])OCC[N+](C)(C)C)C(O)/C=C/CC/C=C/CCCCCCCCCCC. The Kier molecular flexibility index (Phi) is 52.7. The average molecular weight is 1030 g/mol. The van der Waals surface area contributed by atoms with Gasteiger partial charge >= 0.3 is 0 Å². The van der Waals surface area contributed by atoms with Crippen molar-refractivity contribution < 1.29 is 32.9 Å². The fraction of sp³-hybridized carbons (Fsp3) is 0.825. The minimum Gasteiger partial charge on any atom is -0.756 e. The van der Waals surface area contributed by atoms with Gasteiger partial charge in [0, 0.05) is 6.42 Å². The maximum absolute atomic E-state index is 13.0. The van der Waals surface area contributed by atoms with Gasteiger partial charge in [-0.15, -0.1) is 0 Å². The molecule has 8 nitrogen and oxygen atoms in total. The monoisotopic (exact) mass is 1030 g/mol. The first-order valence-corrected chi connectivity index (χ1v) is 32.1. The minimum atomic E-state index is -4.60. The highest BCUT2D eigenvalue weighted by Gasteiger charge is 2.23. The molecule has 0 aliphatic heterocycles. The summed E-state index contributed by atoms with van der Waals surface area (Å²) in [5.74, 6) is -0.205. The molecular formula is C63H119N2O6P. The number of aliphatic hydroxyl groups is 1. The number of rotatable bonds is 56. The van der Waals surface area contributed by atoms with Crippen molar-refractivity contribution in [3.8, 4) is 0 Å². The van der Waals surface area contributed by atoms with Gasteiger partial charge in [-0.05, 0) is 70.6 Å². The van der Waals surface area contributed by atoms with Crippen LogP contribution in [-0.4, -0.2) is 68.5 Å². The van der Waals surface area contributed by atoms with Crippen LogP contribution >= 0.6 is 7.82 Å². The van der Waals surface area contributed by atoms with Gasteiger partial charge in [0.05, 0.1) is 39.9 Å². The summed E-state index contributed by atoms with van der Waals surface area (Å²) in [7, 11) is 1.25. The Morgan fingerprint density at radius 3 is 1.22 bits per heavy atom. The first kappa shape index (κ1) is 70.2. The third-order valence-corrected chi connectivity index (χ3v) is 14.7. The van der Waals surface area contributed by atoms with E-state index in [0.717, 1.165) is 51.4 Å². The number of aliphatic hydroxyl groups excluding tert-OH is 1. The quantitative estimate of drug-likeness (QED) is 0.0272. The molecule has 0 aromatic rings. The van der Waals surface area contributed by atoms with Crippen LogP contribution in [0.2, 0.25) is 0 Å². The van der Waals surface area contributed by atoms with Crippen molar-refractivity contribution >= 4 is 13.7 Å². The molecule has 0 fully saturated rings. The number of hydrogen-bond donors (Lipinski definition) is 2. The summed E-state index contributed by atoms with van der Waals surface area (Å²) in [6.07, 6.45) is 73.2. The van der Waals surface area contributed by atoms with Crippen LogP contribution in [0.5, 0.6) is 0 Å². The predicted octanol–water partition coefficient (Wildman–Crippen LogP) is 18.2. The lowest BCUT2D eigenvalue weighted by Gasteiger charge is -2.29. The Bertz CT molecular complexity index is 1360. The molecule has 3 unspecified atom stereocenters. The number of phosphoric ester groups is 1. The molecule has 0 aromatic carbocycles. The van der Waals surface area contributed by atoms with E-state index in [9.17, 15) is 19.4 Å². The van der Waals surface area contributed by atoms with Crippen LogP contribution in [0.25, 0.3) is 0 Å². The standard InChI is InChI=1S/C63H119N2O6P/c1-6-8-10-12-14-16-18-20-22-23-24-25-26-27-28-29-30-31-32-33-34-35-36-37-38-39-40-41-43-45-47-49-51-53-55-57-63(67)64-61(60-71-72(68,69)70-59-58-65(3,4)5)62(66)56-54-52-50-48-46-44-42-21-19-17-15-13-11-9-7-2/h18,20,23-24,26-27,46,48,54,56,61-62,66H,6-17,19,21-22,25,28-45,47,49-53,55,57-60H2,1-5H3,(H-,64,67,68,69)/b20-18-,24-23-,27-26-,48-46+,56-54+. The zero-order valence-corrected chi connectivity index (χ0v) is 49.0. The third-order valence-electron chi connectivity index (χ3n) is 13.7. The van der Waals surface area contributed by atoms with Gasteiger partial charge in [-0.1, -0.05) is 267 Å². The highest BCUT2D eigenvalue weighted by atomic mass is 31.2. The number of likely N-dealkylation sites (N-methyl/N-ethyl adjacent to an activating group) is 1. The van der Waals surface area contributed by atoms with Crippen LogP contribution in [0, 0.1) is 0 Å². The summed E-state index contributed by atoms with van der Waals surface area (Å²) < 4.78 is 23.3. The molecule has 0 heterocycles. The second kappa shape index (κ2) is 54.0. The molecule has 0 radical (unpaired) electrons. The van der Waals surface area contributed by atoms with E-state index in [-0.39, 0.29) is 12.5 Å². The van der Waals surface area contributed by atoms with Gasteiger partial charge in [0.1, 0.15) is 13.2 Å². The van der Waals surface area contributed by atoms with E-state index in [1.807, 2.05) is 27.2 Å². The van der Waals surface area contributed by atoms with Gasteiger partial charge in [-0.2, -0.15) is 0 Å². The molecule has 0 spiro atoms. The van der Waals surface area contributed by atoms with Crippen molar-refractivity contribution in [1.82, 2.24) is 5.32 Å². The van der Waals surface area contributed by atoms with Crippen LogP contribution in [0.15, 0.2) is 60.8 Å². The number of nitrogens with zero attached hydrogens (tertiary/aromatic N) is 1. The number of allylic oxidation sites excluding steroid dienone is 9. The second-order valence-electron chi connectivity index (χ2n) is 22.0. The smallest absolute Gasteiger partial charge is 0.268 e. The number of carbonyl (C=O) groups excluding carboxylic acids is 1. The van der Waals surface area contributed by atoms with Crippen LogP contribution in [0.4, 0.5) is 0 Å². The molecule has 0 rings (SSSR count). The van der Waals surface area contributed by atoms with Crippen molar-refractivity contribution in [3.63, 3.8) is 0 Å². The lowest BCUT2D eigenvalue weighted by molar-refractivity contribution is -0.870. The highest BCUT2D eigenvalue weighted by molar-refractivity contribution is 7.45. The molecule has 0 aromatic heterocycles. The van der Waals surface area contributed by atoms with Gasteiger partial charge in [0.15, 0.2) is 0 Å². The number of phosphoric acid groups is 1. The summed E-state index contributed by atoms with van der Waals surface area (Å²) in [6, 6.07) is -0.903. The summed E-state index contributed by atoms with van der Waals surface area (Å²) in [6.45, 7) is 4.63. The zero-order valence-electron chi connectivity index (χ0n) is 48.1. The van der Waals surface area contributed by atoms with Crippen molar-refractivity contribution in [3.05, 3.63) is 60.8 Å². The molecule has 9 heteroatoms. The molecule has 3 atom stereocenters. The summed E-state index contributed by atoms with van der Waals surface area (Å²) in [5.41, 5.74) is 0. The Morgan fingerprint density at radius 2 is 0.819 bits per heavy atom. The van der Waals surface area contributed by atoms with Crippen LogP contribution < -0.4 is 10.2 Å². The molecule has 0 aliphatic carbocycles. The van der Waals surface area contributed by atoms with E-state index >= 15 is 0 Å². The maximum Gasteiger partial charge on any atom is 0.268 e. The Balaban J connectivity index is 4.02. The fourth-order valence-corrected chi connectivity index (χ4v) is 9.61. The van der Waals surface area contributed by atoms with E-state index in [0.29, 0.717) is 17.4 Å². The highest BCUT2D eigenvalue weighted by Crippen LogP contribution is 2.38. The summed E-state index contributed by atoms with van der Waals surface area (Å²) in [5, 5.41) is 13.8. The number of nitrogens with one attached hydrogen (secondary N) is 1. The molecule has 0 saturated carbocycles. The first-order valence-electron chi connectivity index (χ1n) is 30.7. The zero-order chi connectivity index (χ0) is 52.7. The lowest BCUT2D eigenvalue weighted by Crippen LogP contribution is -2.45. The first-order chi connectivity index (χ1) is 35.0. The van der Waals surface area contributed by atoms with E-state index in [1.165, 1.54) is 212 Å². The van der Waals surface area contributed by atoms with Gasteiger partial charge in [-0.25, -0.2) is 0 Å². The molecule has 422 valence electrons. The topological polar surface area (TPSA) is 108 Å². The second-order valence-corrected chi connectivity index (χ2v) is 23.5. The van der Waals surface area contributed by atoms with Gasteiger partial charge < -0.3 is 28.8 Å². The Morgan fingerprint density at radius 1 is 0.486 bits per heavy atom. The maximum atomic E-state index is 13.0. The number of carbonyl (C=O) groups is 1. The van der Waals surface area contributed by atoms with E-state index in [1.54, 1.807) is 6.08 Å². The molecule has 0 bridgehead atoms. The Labute approximate surface area is 447 Å². The largest absolute Gasteiger partial charge is 0.756 e. The van der Waals surface area contributed by atoms with Crippen LogP contribution in [0.1, 0.15) is 284 Å². The van der Waals surface area contributed by atoms with E-state index in [4.69, 9.17) is 9.05 Å². The third kappa shape index (κ3) is 55.9. The van der Waals surface area contributed by atoms with E-state index in [2.05, 4.69) is 67.8 Å². The lowest BCUT2D eigenvalue weighted by atomic mass is 10.0. The fourth-order valence-electron chi connectivity index (χ4n) is 8.88. The Hall–Kier alpha value is -1.80. The molecule has 2 N–H and O–H groups in total. The summed E-state index contributed by atoms with van der Waals surface area (Å²) in [4.78, 5) is 25.5. The van der Waals surface area contributed by atoms with Crippen molar-refractivity contribution in [1.29, 1.82) is 0 Å². The van der Waals surface area contributed by atoms with Gasteiger partial charge in [0.2, 0.25) is 5.91 Å². The number of unbranched alkanes of at least 4 members (excludes halogenated alkanes) is 35. The van der Waals surface area contributed by atoms with Gasteiger partial charge in [-0.3, -0.25) is 9.36 Å². The number of quaternary nitrogens is 1. The summed E-state index contributed by atoms with van der Waals surface area (Å²) >= 11 is 0. The minimum absolute atomic E-state index is 0.00638. The number of hydrogen-bond acceptors (Lipinski definition) is 6. The predicted molar refractivity (Wildman–Crippen MR) is 311 cm³/mol. The molecule has 0 aliphatic rings. The van der Waals surface area contributed by atoms with Crippen molar-refractivity contribution in [2.75, 3.05) is 40.9 Å². The van der Waals surface area contributed by atoms with Crippen LogP contribution in [0.3, 0.4) is 0 Å². The van der Waals surface area contributed by atoms with Gasteiger partial charge in [0.25, 0.3) is 7.82 Å². The molecule has 0 saturated heterocycles. The van der Waals surface area contributed by atoms with E-state index < -0.39 is 26.6 Å². The number of amides is 1.